The van der Waals surface area contributed by atoms with E-state index in [1.54, 1.807) is 65.0 Å². The van der Waals surface area contributed by atoms with Crippen LogP contribution in [0.5, 0.6) is 0 Å². The number of carbonyl (C=O) groups excluding carboxylic acids is 2. The van der Waals surface area contributed by atoms with Gasteiger partial charge in [-0.05, 0) is 60.5 Å². The Bertz CT molecular complexity index is 1630. The van der Waals surface area contributed by atoms with Crippen LogP contribution in [-0.4, -0.2) is 54.6 Å². The Labute approximate surface area is 254 Å². The van der Waals surface area contributed by atoms with Gasteiger partial charge in [0, 0.05) is 52.7 Å². The summed E-state index contributed by atoms with van der Waals surface area (Å²) in [6, 6.07) is 29.4. The molecule has 2 amide bonds. The molecule has 3 heterocycles. The number of nitrogens with zero attached hydrogens (tertiary/aromatic N) is 2. The van der Waals surface area contributed by atoms with Crippen LogP contribution in [0.3, 0.4) is 0 Å². The summed E-state index contributed by atoms with van der Waals surface area (Å²) in [6.07, 6.45) is 0.876. The van der Waals surface area contributed by atoms with Crippen molar-refractivity contribution < 1.29 is 18.0 Å². The van der Waals surface area contributed by atoms with Crippen molar-refractivity contribution in [3.8, 4) is 0 Å². The molecular formula is C31H31ClN4O4S2. The summed E-state index contributed by atoms with van der Waals surface area (Å²) in [5.74, 6) is -0.601. The number of rotatable bonds is 8. The van der Waals surface area contributed by atoms with Gasteiger partial charge in [-0.25, -0.2) is 8.42 Å². The molecule has 3 N–H and O–H groups in total. The second-order valence-corrected chi connectivity index (χ2v) is 13.9. The van der Waals surface area contributed by atoms with Gasteiger partial charge in [0.25, 0.3) is 15.9 Å². The topological polar surface area (TPSA) is 113 Å². The molecule has 42 heavy (non-hydrogen) atoms. The lowest BCUT2D eigenvalue weighted by Crippen LogP contribution is -2.48. The first-order valence-electron chi connectivity index (χ1n) is 13.5. The Hall–Kier alpha value is -3.54. The van der Waals surface area contributed by atoms with Gasteiger partial charge in [-0.1, -0.05) is 60.1 Å². The molecular weight excluding hydrogens is 592 g/mol. The normalized spacial score (nSPS) is 18.3. The second kappa shape index (κ2) is 13.2. The molecule has 2 saturated heterocycles. The molecule has 0 aliphatic carbocycles. The summed E-state index contributed by atoms with van der Waals surface area (Å²) < 4.78 is 28.6. The van der Waals surface area contributed by atoms with Crippen LogP contribution in [0, 0.1) is 0 Å². The monoisotopic (exact) mass is 622 g/mol. The van der Waals surface area contributed by atoms with Gasteiger partial charge in [0.15, 0.2) is 0 Å². The number of piperazine rings is 1. The summed E-state index contributed by atoms with van der Waals surface area (Å²) in [6.45, 7) is 2.42. The molecule has 2 aliphatic heterocycles. The molecule has 3 aromatic carbocycles. The number of nitrogens with two attached hydrogens (primary N) is 1. The zero-order valence-corrected chi connectivity index (χ0v) is 25.1. The average Bonchev–Trinajstić information content (AvgIpc) is 3.75. The number of carbonyl (C=O) groups is 2. The van der Waals surface area contributed by atoms with Crippen molar-refractivity contribution >= 4 is 44.8 Å². The van der Waals surface area contributed by atoms with Crippen molar-refractivity contribution in [1.29, 1.82) is 0 Å². The van der Waals surface area contributed by atoms with Crippen LogP contribution >= 0.6 is 22.9 Å². The van der Waals surface area contributed by atoms with E-state index in [4.69, 9.17) is 17.3 Å². The van der Waals surface area contributed by atoms with E-state index < -0.39 is 10.0 Å². The Kier molecular flexibility index (Phi) is 9.40. The number of hydrogen-bond donors (Lipinski definition) is 2. The maximum atomic E-state index is 13.3. The lowest BCUT2D eigenvalue weighted by atomic mass is 10.2. The van der Waals surface area contributed by atoms with Crippen LogP contribution < -0.4 is 11.1 Å². The summed E-state index contributed by atoms with van der Waals surface area (Å²) in [5.41, 5.74) is 7.29. The number of sulfonamides is 1. The average molecular weight is 623 g/mol. The van der Waals surface area contributed by atoms with Crippen molar-refractivity contribution in [1.82, 2.24) is 14.5 Å². The molecule has 1 aromatic heterocycles. The van der Waals surface area contributed by atoms with Crippen molar-refractivity contribution in [2.75, 3.05) is 13.1 Å². The van der Waals surface area contributed by atoms with Gasteiger partial charge in [-0.3, -0.25) is 14.5 Å². The van der Waals surface area contributed by atoms with Gasteiger partial charge in [0.05, 0.1) is 6.54 Å². The smallest absolute Gasteiger partial charge is 0.252 e. The Morgan fingerprint density at radius 2 is 1.52 bits per heavy atom. The van der Waals surface area contributed by atoms with Gasteiger partial charge in [-0.2, -0.15) is 4.31 Å². The number of benzene rings is 3. The van der Waals surface area contributed by atoms with Gasteiger partial charge in [-0.15, -0.1) is 11.3 Å². The molecule has 0 saturated carbocycles. The quantitative estimate of drug-likeness (QED) is 0.294. The molecule has 4 aromatic rings. The summed E-state index contributed by atoms with van der Waals surface area (Å²) in [4.78, 5) is 25.9. The minimum atomic E-state index is -3.54. The first-order chi connectivity index (χ1) is 20.2. The zero-order valence-electron chi connectivity index (χ0n) is 22.7. The van der Waals surface area contributed by atoms with E-state index >= 15 is 0 Å². The fraction of sp³-hybridized carbons (Fsp3) is 0.226. The molecule has 11 heteroatoms. The highest BCUT2D eigenvalue weighted by atomic mass is 35.5. The van der Waals surface area contributed by atoms with Crippen molar-refractivity contribution in [2.24, 2.45) is 5.73 Å². The van der Waals surface area contributed by atoms with E-state index in [0.717, 1.165) is 24.4 Å². The first-order valence-corrected chi connectivity index (χ1v) is 16.1. The van der Waals surface area contributed by atoms with E-state index in [0.29, 0.717) is 26.9 Å². The number of fused-ring (bicyclic) bond motifs is 2. The third-order valence-corrected chi connectivity index (χ3v) is 11.0. The maximum absolute atomic E-state index is 13.3. The molecule has 8 nitrogen and oxygen atoms in total. The molecule has 2 atom stereocenters. The van der Waals surface area contributed by atoms with Crippen LogP contribution in [0.1, 0.15) is 37.6 Å². The molecule has 2 aliphatic rings. The highest BCUT2D eigenvalue weighted by Gasteiger charge is 2.48. The van der Waals surface area contributed by atoms with Crippen LogP contribution in [0.2, 0.25) is 5.02 Å². The fourth-order valence-electron chi connectivity index (χ4n) is 5.20. The number of likely N-dealkylation sites (tertiary alicyclic amines) is 1. The molecule has 6 rings (SSSR count). The maximum Gasteiger partial charge on any atom is 0.252 e. The Morgan fingerprint density at radius 3 is 2.12 bits per heavy atom. The van der Waals surface area contributed by atoms with E-state index in [-0.39, 0.29) is 30.4 Å². The fourth-order valence-corrected chi connectivity index (χ4v) is 8.41. The summed E-state index contributed by atoms with van der Waals surface area (Å²) in [5, 5.41) is 3.41. The SMILES string of the molecule is NC(=O)c1ccccc1.O=C(NCc1ccc(S(=O)(=O)N2C[C@H]3C[C@@H]2CN3Cc2ccccc2)s1)c1ccc(Cl)cc1. The zero-order chi connectivity index (χ0) is 29.7. The molecule has 2 bridgehead atoms. The minimum Gasteiger partial charge on any atom is -0.366 e. The second-order valence-electron chi connectivity index (χ2n) is 10.2. The Morgan fingerprint density at radius 1 is 0.857 bits per heavy atom. The van der Waals surface area contributed by atoms with E-state index in [2.05, 4.69) is 22.3 Å². The lowest BCUT2D eigenvalue weighted by Gasteiger charge is -2.33. The molecule has 0 radical (unpaired) electrons. The van der Waals surface area contributed by atoms with E-state index in [1.807, 2.05) is 24.3 Å². The van der Waals surface area contributed by atoms with Gasteiger partial charge >= 0.3 is 0 Å². The largest absolute Gasteiger partial charge is 0.366 e. The lowest BCUT2D eigenvalue weighted by molar-refractivity contribution is 0.0950. The standard InChI is InChI=1S/C24H24ClN3O3S2.C7H7NO/c25-19-8-6-18(7-9-19)24(29)26-13-22-10-11-23(32-22)33(30,31)28-16-20-12-21(28)15-27(20)14-17-4-2-1-3-5-17;8-7(9)6-4-2-1-3-5-6/h1-11,20-21H,12-16H2,(H,26,29);1-5H,(H2,8,9)/t20-,21-;/m1./s1. The number of nitrogens with one attached hydrogen (secondary N) is 1. The van der Waals surface area contributed by atoms with Gasteiger partial charge in [0.1, 0.15) is 4.21 Å². The minimum absolute atomic E-state index is 0.0128. The predicted octanol–water partition coefficient (Wildman–Crippen LogP) is 4.76. The molecule has 0 spiro atoms. The third-order valence-electron chi connectivity index (χ3n) is 7.32. The van der Waals surface area contributed by atoms with Crippen LogP contribution in [-0.2, 0) is 23.1 Å². The Balaban J connectivity index is 0.000000336. The van der Waals surface area contributed by atoms with Crippen molar-refractivity contribution in [2.45, 2.75) is 35.8 Å². The van der Waals surface area contributed by atoms with Gasteiger partial charge in [0.2, 0.25) is 5.91 Å². The van der Waals surface area contributed by atoms with E-state index in [9.17, 15) is 18.0 Å². The highest BCUT2D eigenvalue weighted by molar-refractivity contribution is 7.91. The molecule has 0 unspecified atom stereocenters. The number of halogens is 1. The highest BCUT2D eigenvalue weighted by Crippen LogP contribution is 2.37. The van der Waals surface area contributed by atoms with E-state index in [1.165, 1.54) is 16.9 Å². The third kappa shape index (κ3) is 7.08. The number of hydrogen-bond acceptors (Lipinski definition) is 6. The number of thiophene rings is 1. The van der Waals surface area contributed by atoms with Crippen LogP contribution in [0.25, 0.3) is 0 Å². The summed E-state index contributed by atoms with van der Waals surface area (Å²) in [7, 11) is -3.54. The molecule has 2 fully saturated rings. The van der Waals surface area contributed by atoms with Crippen molar-refractivity contribution in [3.05, 3.63) is 124 Å². The van der Waals surface area contributed by atoms with Crippen LogP contribution in [0.15, 0.2) is 101 Å². The van der Waals surface area contributed by atoms with Gasteiger partial charge < -0.3 is 11.1 Å². The number of amides is 2. The number of primary amides is 1. The predicted molar refractivity (Wildman–Crippen MR) is 165 cm³/mol. The summed E-state index contributed by atoms with van der Waals surface area (Å²) >= 11 is 7.08. The molecule has 218 valence electrons. The first kappa shape index (κ1) is 29.9. The van der Waals surface area contributed by atoms with Crippen LogP contribution in [0.4, 0.5) is 0 Å². The van der Waals surface area contributed by atoms with Crippen molar-refractivity contribution in [3.63, 3.8) is 0 Å².